The van der Waals surface area contributed by atoms with Crippen LogP contribution in [0.2, 0.25) is 0 Å². The number of pyridine rings is 1. The molecule has 3 heterocycles. The first-order valence-electron chi connectivity index (χ1n) is 15.2. The standard InChI is InChI=1S/C35H31N5O5/c1-21(40(24-12-13-24)35(42)45-20-29-27-8-4-2-6-25(27)26-7-3-5-9-28(26)29)33(41)37-34-36-32-15-11-23(19-39(32)38-34)22-10-14-30-31(18-22)44-17-16-43-30/h2-11,14-15,18-19,21,24,29H,12-13,16-17,20H2,1H3,(H,37,38,41)/t21-/m1/s1. The highest BCUT2D eigenvalue weighted by Crippen LogP contribution is 2.44. The number of aromatic nitrogens is 3. The van der Waals surface area contributed by atoms with Crippen LogP contribution in [0.4, 0.5) is 10.7 Å². The lowest BCUT2D eigenvalue weighted by molar-refractivity contribution is -0.120. The number of ether oxygens (including phenoxy) is 3. The molecule has 10 nitrogen and oxygen atoms in total. The fourth-order valence-electron chi connectivity index (χ4n) is 6.32. The number of anilines is 1. The molecule has 45 heavy (non-hydrogen) atoms. The highest BCUT2D eigenvalue weighted by atomic mass is 16.6. The number of amides is 2. The van der Waals surface area contributed by atoms with E-state index < -0.39 is 12.1 Å². The maximum Gasteiger partial charge on any atom is 0.410 e. The zero-order chi connectivity index (χ0) is 30.5. The Kier molecular flexibility index (Phi) is 6.62. The van der Waals surface area contributed by atoms with Crippen LogP contribution in [0.1, 0.15) is 36.8 Å². The minimum Gasteiger partial charge on any atom is -0.486 e. The molecule has 0 bridgehead atoms. The van der Waals surface area contributed by atoms with Crippen molar-refractivity contribution in [3.05, 3.63) is 96.2 Å². The van der Waals surface area contributed by atoms with Gasteiger partial charge < -0.3 is 14.2 Å². The molecular weight excluding hydrogens is 570 g/mol. The molecule has 3 aliphatic rings. The zero-order valence-electron chi connectivity index (χ0n) is 24.7. The average Bonchev–Trinajstić information content (AvgIpc) is 3.74. The largest absolute Gasteiger partial charge is 0.486 e. The van der Waals surface area contributed by atoms with Crippen molar-refractivity contribution in [3.63, 3.8) is 0 Å². The van der Waals surface area contributed by atoms with Gasteiger partial charge in [0.2, 0.25) is 11.9 Å². The van der Waals surface area contributed by atoms with E-state index in [1.54, 1.807) is 16.3 Å². The Morgan fingerprint density at radius 2 is 1.62 bits per heavy atom. The van der Waals surface area contributed by atoms with Crippen LogP contribution in [0.25, 0.3) is 27.9 Å². The summed E-state index contributed by atoms with van der Waals surface area (Å²) in [4.78, 5) is 32.9. The molecule has 1 aliphatic heterocycles. The molecule has 226 valence electrons. The van der Waals surface area contributed by atoms with E-state index in [4.69, 9.17) is 14.2 Å². The third-order valence-corrected chi connectivity index (χ3v) is 8.73. The maximum absolute atomic E-state index is 13.5. The SMILES string of the molecule is C[C@H](C(=O)Nc1nc2ccc(-c3ccc4c(c3)OCCO4)cn2n1)N(C(=O)OCC1c2ccccc2-c2ccccc21)C1CC1. The van der Waals surface area contributed by atoms with Crippen LogP contribution >= 0.6 is 0 Å². The fraction of sp³-hybridized carbons (Fsp3) is 0.257. The van der Waals surface area contributed by atoms with E-state index in [1.165, 1.54) is 11.1 Å². The van der Waals surface area contributed by atoms with Gasteiger partial charge in [-0.2, -0.15) is 4.98 Å². The summed E-state index contributed by atoms with van der Waals surface area (Å²) in [6.07, 6.45) is 3.02. The van der Waals surface area contributed by atoms with Crippen molar-refractivity contribution in [1.82, 2.24) is 19.5 Å². The van der Waals surface area contributed by atoms with Crippen LogP contribution in [-0.2, 0) is 9.53 Å². The van der Waals surface area contributed by atoms with Crippen LogP contribution in [-0.4, -0.2) is 63.4 Å². The second-order valence-electron chi connectivity index (χ2n) is 11.6. The molecule has 2 aromatic heterocycles. The predicted molar refractivity (Wildman–Crippen MR) is 167 cm³/mol. The van der Waals surface area contributed by atoms with Gasteiger partial charge in [0.1, 0.15) is 25.9 Å². The summed E-state index contributed by atoms with van der Waals surface area (Å²) in [6.45, 7) is 2.96. The van der Waals surface area contributed by atoms with Crippen molar-refractivity contribution in [3.8, 4) is 33.8 Å². The first-order valence-corrected chi connectivity index (χ1v) is 15.2. The molecule has 1 fully saturated rings. The Labute approximate surface area is 259 Å². The number of benzene rings is 3. The number of nitrogens with one attached hydrogen (secondary N) is 1. The second kappa shape index (κ2) is 11.0. The maximum atomic E-state index is 13.5. The summed E-state index contributed by atoms with van der Waals surface area (Å²) < 4.78 is 18.9. The molecule has 1 saturated carbocycles. The van der Waals surface area contributed by atoms with E-state index >= 15 is 0 Å². The fourth-order valence-corrected chi connectivity index (χ4v) is 6.32. The van der Waals surface area contributed by atoms with Crippen LogP contribution < -0.4 is 14.8 Å². The Bertz CT molecular complexity index is 1900. The lowest BCUT2D eigenvalue weighted by Gasteiger charge is -2.28. The van der Waals surface area contributed by atoms with Crippen molar-refractivity contribution in [2.45, 2.75) is 37.8 Å². The van der Waals surface area contributed by atoms with Gasteiger partial charge in [-0.3, -0.25) is 15.0 Å². The van der Waals surface area contributed by atoms with Gasteiger partial charge in [0.05, 0.1) is 0 Å². The number of carbonyl (C=O) groups is 2. The molecule has 3 aromatic carbocycles. The lowest BCUT2D eigenvalue weighted by Crippen LogP contribution is -2.47. The minimum atomic E-state index is -0.770. The Hall–Kier alpha value is -5.38. The van der Waals surface area contributed by atoms with Gasteiger partial charge in [-0.15, -0.1) is 5.10 Å². The highest BCUT2D eigenvalue weighted by molar-refractivity contribution is 5.95. The Morgan fingerprint density at radius 1 is 0.933 bits per heavy atom. The van der Waals surface area contributed by atoms with Crippen molar-refractivity contribution in [2.75, 3.05) is 25.1 Å². The van der Waals surface area contributed by atoms with Crippen LogP contribution in [0.5, 0.6) is 11.5 Å². The molecule has 0 radical (unpaired) electrons. The van der Waals surface area contributed by atoms with Gasteiger partial charge in [-0.05, 0) is 71.8 Å². The van der Waals surface area contributed by atoms with E-state index in [0.29, 0.717) is 24.6 Å². The first-order chi connectivity index (χ1) is 22.0. The molecule has 2 aliphatic carbocycles. The molecule has 2 amide bonds. The van der Waals surface area contributed by atoms with E-state index in [9.17, 15) is 9.59 Å². The lowest BCUT2D eigenvalue weighted by atomic mass is 9.98. The predicted octanol–water partition coefficient (Wildman–Crippen LogP) is 5.91. The number of carbonyl (C=O) groups excluding carboxylic acids is 2. The third-order valence-electron chi connectivity index (χ3n) is 8.73. The summed E-state index contributed by atoms with van der Waals surface area (Å²) in [6, 6.07) is 25.2. The van der Waals surface area contributed by atoms with Gasteiger partial charge in [-0.1, -0.05) is 54.6 Å². The van der Waals surface area contributed by atoms with Crippen molar-refractivity contribution in [1.29, 1.82) is 0 Å². The second-order valence-corrected chi connectivity index (χ2v) is 11.6. The molecule has 0 spiro atoms. The quantitative estimate of drug-likeness (QED) is 0.247. The summed E-state index contributed by atoms with van der Waals surface area (Å²) in [5, 5.41) is 7.29. The first kappa shape index (κ1) is 27.2. The van der Waals surface area contributed by atoms with Crippen LogP contribution in [0.3, 0.4) is 0 Å². The van der Waals surface area contributed by atoms with Gasteiger partial charge in [0.15, 0.2) is 17.1 Å². The van der Waals surface area contributed by atoms with Gasteiger partial charge in [0.25, 0.3) is 0 Å². The third kappa shape index (κ3) is 5.02. The topological polar surface area (TPSA) is 107 Å². The van der Waals surface area contributed by atoms with Crippen molar-refractivity contribution >= 4 is 23.6 Å². The van der Waals surface area contributed by atoms with E-state index in [0.717, 1.165) is 40.8 Å². The number of rotatable bonds is 7. The van der Waals surface area contributed by atoms with E-state index in [-0.39, 0.29) is 30.4 Å². The number of hydrogen-bond acceptors (Lipinski definition) is 7. The van der Waals surface area contributed by atoms with Crippen LogP contribution in [0.15, 0.2) is 85.1 Å². The van der Waals surface area contributed by atoms with Crippen LogP contribution in [0, 0.1) is 0 Å². The number of nitrogens with zero attached hydrogens (tertiary/aromatic N) is 4. The summed E-state index contributed by atoms with van der Waals surface area (Å²) in [5.41, 5.74) is 7.05. The van der Waals surface area contributed by atoms with E-state index in [1.807, 2.05) is 60.8 Å². The summed E-state index contributed by atoms with van der Waals surface area (Å²) in [5.74, 6) is 1.16. The molecule has 0 unspecified atom stereocenters. The molecule has 0 saturated heterocycles. The highest BCUT2D eigenvalue weighted by Gasteiger charge is 2.40. The smallest absolute Gasteiger partial charge is 0.410 e. The summed E-state index contributed by atoms with van der Waals surface area (Å²) in [7, 11) is 0. The molecule has 8 rings (SSSR count). The molecule has 1 N–H and O–H groups in total. The number of hydrogen-bond donors (Lipinski definition) is 1. The van der Waals surface area contributed by atoms with Gasteiger partial charge in [0, 0.05) is 23.7 Å². The Balaban J connectivity index is 0.959. The molecule has 5 aromatic rings. The van der Waals surface area contributed by atoms with Gasteiger partial charge in [-0.25, -0.2) is 9.31 Å². The molecule has 1 atom stereocenters. The Morgan fingerprint density at radius 3 is 2.36 bits per heavy atom. The minimum absolute atomic E-state index is 0.0380. The summed E-state index contributed by atoms with van der Waals surface area (Å²) >= 11 is 0. The van der Waals surface area contributed by atoms with E-state index in [2.05, 4.69) is 39.7 Å². The zero-order valence-corrected chi connectivity index (χ0v) is 24.7. The average molecular weight is 602 g/mol. The van der Waals surface area contributed by atoms with Gasteiger partial charge >= 0.3 is 6.09 Å². The monoisotopic (exact) mass is 601 g/mol. The van der Waals surface area contributed by atoms with Crippen molar-refractivity contribution < 1.29 is 23.8 Å². The normalized spacial score (nSPS) is 15.7. The molecule has 10 heteroatoms. The van der Waals surface area contributed by atoms with Crippen molar-refractivity contribution in [2.24, 2.45) is 0 Å². The number of fused-ring (bicyclic) bond motifs is 5. The molecular formula is C35H31N5O5.